The van der Waals surface area contributed by atoms with Gasteiger partial charge in [0.05, 0.1) is 27.8 Å². The van der Waals surface area contributed by atoms with Gasteiger partial charge in [0.15, 0.2) is 11.4 Å². The second kappa shape index (κ2) is 10.6. The highest BCUT2D eigenvalue weighted by molar-refractivity contribution is 5.96. The predicted molar refractivity (Wildman–Crippen MR) is 197 cm³/mol. The SMILES string of the molecule is [2H]C([2H])([2H])c1ccc(-c2c(C([2H])([2H])[2H])ccc3c2Oc2ccccc2C3(C)C)cc1-c1nc(-c2c(C([2H])([2H])C)ccc3c2oc2nc4ccccc4n23)ncc1C([2H])([2H])[2H]. The summed E-state index contributed by atoms with van der Waals surface area (Å²) in [6.45, 7) is -2.93. The molecule has 6 nitrogen and oxygen atoms in total. The minimum Gasteiger partial charge on any atom is -0.456 e. The van der Waals surface area contributed by atoms with Crippen LogP contribution in [0.5, 0.6) is 11.5 Å². The molecule has 9 rings (SSSR count). The summed E-state index contributed by atoms with van der Waals surface area (Å²) in [5, 5.41) is 0. The lowest BCUT2D eigenvalue weighted by atomic mass is 9.74. The first-order valence-corrected chi connectivity index (χ1v) is 15.9. The minimum absolute atomic E-state index is 0.0553. The summed E-state index contributed by atoms with van der Waals surface area (Å²) in [5.41, 5.74) is 2.71. The number of hydrogen-bond acceptors (Lipinski definition) is 5. The summed E-state index contributed by atoms with van der Waals surface area (Å²) in [7, 11) is 0. The van der Waals surface area contributed by atoms with Gasteiger partial charge in [-0.3, -0.25) is 4.40 Å². The highest BCUT2D eigenvalue weighted by atomic mass is 16.5. The number of ether oxygens (including phenoxy) is 1. The van der Waals surface area contributed by atoms with E-state index in [9.17, 15) is 0 Å². The van der Waals surface area contributed by atoms with Crippen LogP contribution in [0.1, 0.15) is 69.2 Å². The number of para-hydroxylation sites is 3. The van der Waals surface area contributed by atoms with Crippen LogP contribution in [-0.4, -0.2) is 19.4 Å². The molecule has 1 aliphatic heterocycles. The molecule has 4 heterocycles. The van der Waals surface area contributed by atoms with E-state index in [0.717, 1.165) is 17.3 Å². The van der Waals surface area contributed by atoms with Crippen LogP contribution in [0.15, 0.2) is 102 Å². The van der Waals surface area contributed by atoms with Crippen molar-refractivity contribution in [1.82, 2.24) is 19.4 Å². The van der Waals surface area contributed by atoms with Gasteiger partial charge in [-0.15, -0.1) is 0 Å². The summed E-state index contributed by atoms with van der Waals surface area (Å²) in [6.07, 6.45) is -0.889. The first kappa shape index (κ1) is 19.9. The van der Waals surface area contributed by atoms with Gasteiger partial charge in [-0.1, -0.05) is 81.4 Å². The van der Waals surface area contributed by atoms with E-state index in [1.54, 1.807) is 28.7 Å². The molecule has 5 aromatic carbocycles. The van der Waals surface area contributed by atoms with Gasteiger partial charge >= 0.3 is 5.84 Å². The van der Waals surface area contributed by atoms with E-state index < -0.39 is 32.3 Å². The van der Waals surface area contributed by atoms with Crippen LogP contribution in [0.3, 0.4) is 0 Å². The van der Waals surface area contributed by atoms with Crippen LogP contribution in [0.25, 0.3) is 61.7 Å². The molecule has 1 aliphatic rings. The molecule has 0 spiro atoms. The Morgan fingerprint density at radius 1 is 0.796 bits per heavy atom. The Hall–Kier alpha value is -5.75. The molecule has 0 atom stereocenters. The molecule has 0 radical (unpaired) electrons. The Kier molecular flexibility index (Phi) is 4.32. The number of aromatic nitrogens is 4. The van der Waals surface area contributed by atoms with Crippen molar-refractivity contribution in [3.05, 3.63) is 131 Å². The molecule has 3 aromatic heterocycles. The van der Waals surface area contributed by atoms with Crippen molar-refractivity contribution in [3.63, 3.8) is 0 Å². The third-order valence-corrected chi connectivity index (χ3v) is 9.55. The third kappa shape index (κ3) is 4.29. The van der Waals surface area contributed by atoms with Gasteiger partial charge in [0.2, 0.25) is 0 Å². The lowest BCUT2D eigenvalue weighted by molar-refractivity contribution is 0.419. The summed E-state index contributed by atoms with van der Waals surface area (Å²) in [4.78, 5) is 13.9. The fourth-order valence-corrected chi connectivity index (χ4v) is 7.08. The molecular formula is C43H36N4O2. The number of benzene rings is 5. The summed E-state index contributed by atoms with van der Waals surface area (Å²) < 4.78 is 110. The predicted octanol–water partition coefficient (Wildman–Crippen LogP) is 10.9. The van der Waals surface area contributed by atoms with Gasteiger partial charge in [0.25, 0.3) is 0 Å². The molecular weight excluding hydrogens is 604 g/mol. The summed E-state index contributed by atoms with van der Waals surface area (Å²) >= 11 is 0. The van der Waals surface area contributed by atoms with Crippen LogP contribution in [0, 0.1) is 20.6 Å². The van der Waals surface area contributed by atoms with Crippen LogP contribution in [-0.2, 0) is 11.8 Å². The zero-order chi connectivity index (χ0) is 42.9. The van der Waals surface area contributed by atoms with Crippen molar-refractivity contribution in [2.75, 3.05) is 0 Å². The molecule has 0 unspecified atom stereocenters. The smallest absolute Gasteiger partial charge is 0.307 e. The molecule has 240 valence electrons. The Morgan fingerprint density at radius 3 is 2.47 bits per heavy atom. The summed E-state index contributed by atoms with van der Waals surface area (Å²) in [5.74, 6) is 0.899. The van der Waals surface area contributed by atoms with E-state index in [0.29, 0.717) is 22.3 Å². The van der Waals surface area contributed by atoms with E-state index in [1.165, 1.54) is 31.2 Å². The average Bonchev–Trinajstić information content (AvgIpc) is 3.71. The molecule has 8 aromatic rings. The first-order valence-electron chi connectivity index (χ1n) is 21.4. The van der Waals surface area contributed by atoms with Gasteiger partial charge in [-0.05, 0) is 85.1 Å². The summed E-state index contributed by atoms with van der Waals surface area (Å²) in [6, 6.07) is 25.7. The molecule has 0 saturated carbocycles. The van der Waals surface area contributed by atoms with Crippen LogP contribution >= 0.6 is 0 Å². The number of fused-ring (bicyclic) bond motifs is 7. The van der Waals surface area contributed by atoms with Gasteiger partial charge in [0, 0.05) is 48.9 Å². The molecule has 49 heavy (non-hydrogen) atoms. The standard InChI is InChI=1S/C43H36N4O2/c1-7-27-19-21-34-40(49-42-45-32-13-9-10-14-33(32)47(34)42)37(27)41-44-23-26(4)38(46-41)29-22-28(18-16-24(29)2)36-25(3)17-20-31-39(36)48-35-15-11-8-12-30(35)43(31,5)6/h8-23H,7H2,1-6H3/i2D3,3D3,4D3,7D2. The molecule has 0 bridgehead atoms. The first-order chi connectivity index (χ1) is 28.0. The number of nitrogens with zero attached hydrogens (tertiary/aromatic N) is 4. The number of rotatable bonds is 4. The van der Waals surface area contributed by atoms with Gasteiger partial charge in [-0.2, -0.15) is 4.98 Å². The van der Waals surface area contributed by atoms with Gasteiger partial charge in [-0.25, -0.2) is 9.97 Å². The van der Waals surface area contributed by atoms with E-state index in [4.69, 9.17) is 29.2 Å². The van der Waals surface area contributed by atoms with E-state index in [-0.39, 0.29) is 73.2 Å². The lowest BCUT2D eigenvalue weighted by Gasteiger charge is -2.36. The normalized spacial score (nSPS) is 17.9. The second-order valence-corrected chi connectivity index (χ2v) is 12.7. The Morgan fingerprint density at radius 2 is 1.61 bits per heavy atom. The van der Waals surface area contributed by atoms with Crippen molar-refractivity contribution in [1.29, 1.82) is 0 Å². The number of hydrogen-bond donors (Lipinski definition) is 0. The highest BCUT2D eigenvalue weighted by Gasteiger charge is 2.36. The zero-order valence-electron chi connectivity index (χ0n) is 37.8. The zero-order valence-corrected chi connectivity index (χ0v) is 26.8. The molecule has 0 fully saturated rings. The topological polar surface area (TPSA) is 65.5 Å². The van der Waals surface area contributed by atoms with Crippen LogP contribution in [0.4, 0.5) is 0 Å². The largest absolute Gasteiger partial charge is 0.456 e. The third-order valence-electron chi connectivity index (χ3n) is 9.55. The van der Waals surface area contributed by atoms with Gasteiger partial charge in [0.1, 0.15) is 11.5 Å². The average molecular weight is 652 g/mol. The molecule has 6 heteroatoms. The second-order valence-electron chi connectivity index (χ2n) is 12.7. The molecule has 0 amide bonds. The quantitative estimate of drug-likeness (QED) is 0.189. The van der Waals surface area contributed by atoms with Crippen molar-refractivity contribution in [2.45, 2.75) is 53.1 Å². The molecule has 0 aliphatic carbocycles. The van der Waals surface area contributed by atoms with Crippen molar-refractivity contribution in [3.8, 4) is 45.3 Å². The number of aryl methyl sites for hydroxylation is 4. The Labute approximate surface area is 300 Å². The van der Waals surface area contributed by atoms with E-state index >= 15 is 0 Å². The molecule has 0 saturated heterocycles. The fraction of sp³-hybridized carbons (Fsp3) is 0.186. The van der Waals surface area contributed by atoms with Crippen molar-refractivity contribution in [2.24, 2.45) is 0 Å². The highest BCUT2D eigenvalue weighted by Crippen LogP contribution is 2.52. The van der Waals surface area contributed by atoms with Crippen LogP contribution in [0.2, 0.25) is 0 Å². The van der Waals surface area contributed by atoms with Crippen molar-refractivity contribution >= 4 is 28.0 Å². The number of oxazole rings is 1. The minimum atomic E-state index is -2.86. The maximum Gasteiger partial charge on any atom is 0.307 e. The maximum atomic E-state index is 8.81. The monoisotopic (exact) mass is 651 g/mol. The molecule has 0 N–H and O–H groups in total. The lowest BCUT2D eigenvalue weighted by Crippen LogP contribution is -2.24. The Bertz CT molecular complexity index is 3060. The Balaban J connectivity index is 1.35. The maximum absolute atomic E-state index is 8.81. The van der Waals surface area contributed by atoms with E-state index in [1.807, 2.05) is 56.3 Å². The number of imidazole rings is 1. The van der Waals surface area contributed by atoms with Crippen molar-refractivity contribution < 1.29 is 24.2 Å². The van der Waals surface area contributed by atoms with Gasteiger partial charge < -0.3 is 9.15 Å². The van der Waals surface area contributed by atoms with E-state index in [2.05, 4.69) is 9.97 Å². The van der Waals surface area contributed by atoms with Crippen LogP contribution < -0.4 is 4.74 Å². The fourth-order valence-electron chi connectivity index (χ4n) is 7.08.